The molecule has 0 aliphatic heterocycles. The van der Waals surface area contributed by atoms with Crippen LogP contribution in [0.3, 0.4) is 0 Å². The molecule has 2 rings (SSSR count). The summed E-state index contributed by atoms with van der Waals surface area (Å²) in [6.07, 6.45) is 0. The number of benzene rings is 1. The molecule has 0 unspecified atom stereocenters. The van der Waals surface area contributed by atoms with E-state index in [1.165, 1.54) is 0 Å². The van der Waals surface area contributed by atoms with Gasteiger partial charge in [0.1, 0.15) is 0 Å². The summed E-state index contributed by atoms with van der Waals surface area (Å²) in [6, 6.07) is 5.47. The Labute approximate surface area is 75.8 Å². The number of rotatable bonds is 2. The number of fused-ring (bicyclic) bond motifs is 1. The summed E-state index contributed by atoms with van der Waals surface area (Å²) in [7, 11) is 1.81. The molecule has 4 nitrogen and oxygen atoms in total. The molecule has 1 aromatic carbocycles. The zero-order valence-corrected chi connectivity index (χ0v) is 7.24. The monoisotopic (exact) mass is 176 g/mol. The average Bonchev–Trinajstić information content (AvgIpc) is 2.59. The first-order valence-electron chi connectivity index (χ1n) is 4.02. The van der Waals surface area contributed by atoms with E-state index >= 15 is 0 Å². The van der Waals surface area contributed by atoms with Crippen molar-refractivity contribution >= 4 is 29.7 Å². The highest BCUT2D eigenvalue weighted by molar-refractivity contribution is 6.46. The average molecular weight is 176 g/mol. The van der Waals surface area contributed by atoms with Crippen LogP contribution in [0, 0.1) is 0 Å². The van der Waals surface area contributed by atoms with Crippen LogP contribution >= 0.6 is 0 Å². The summed E-state index contributed by atoms with van der Waals surface area (Å²) >= 11 is 0. The van der Waals surface area contributed by atoms with Crippen LogP contribution in [0.25, 0.3) is 11.0 Å². The Bertz CT molecular complexity index is 427. The molecule has 0 saturated heterocycles. The minimum absolute atomic E-state index is 0.0320. The van der Waals surface area contributed by atoms with Crippen molar-refractivity contribution in [1.82, 2.24) is 5.16 Å². The van der Waals surface area contributed by atoms with Gasteiger partial charge in [-0.1, -0.05) is 22.8 Å². The van der Waals surface area contributed by atoms with Gasteiger partial charge in [-0.05, 0) is 6.07 Å². The van der Waals surface area contributed by atoms with E-state index in [0.29, 0.717) is 5.82 Å². The highest BCUT2D eigenvalue weighted by atomic mass is 16.5. The van der Waals surface area contributed by atoms with Crippen LogP contribution in [-0.4, -0.2) is 24.7 Å². The minimum Gasteiger partial charge on any atom is -0.449 e. The lowest BCUT2D eigenvalue weighted by molar-refractivity contribution is 0.460. The van der Waals surface area contributed by atoms with E-state index in [4.69, 9.17) is 9.55 Å². The van der Waals surface area contributed by atoms with Crippen molar-refractivity contribution in [3.8, 4) is 0 Å². The standard InChI is InChI=1S/C8H9BN2O2/c1-10-8-6-4-5(9-12)2-3-7(6)13-11-8/h2-4,9,12H,1H3,(H,10,11). The molecule has 0 bridgehead atoms. The lowest BCUT2D eigenvalue weighted by Crippen LogP contribution is -2.12. The van der Waals surface area contributed by atoms with Crippen LogP contribution in [0.1, 0.15) is 0 Å². The van der Waals surface area contributed by atoms with Crippen LogP contribution in [0.2, 0.25) is 0 Å². The van der Waals surface area contributed by atoms with E-state index in [1.54, 1.807) is 13.1 Å². The fraction of sp³-hybridized carbons (Fsp3) is 0.125. The predicted octanol–water partition coefficient (Wildman–Crippen LogP) is -0.161. The molecule has 0 aliphatic rings. The van der Waals surface area contributed by atoms with Crippen LogP contribution in [0.5, 0.6) is 0 Å². The maximum atomic E-state index is 8.93. The fourth-order valence-electron chi connectivity index (χ4n) is 1.26. The Morgan fingerprint density at radius 1 is 1.54 bits per heavy atom. The van der Waals surface area contributed by atoms with Gasteiger partial charge in [0, 0.05) is 7.05 Å². The zero-order valence-electron chi connectivity index (χ0n) is 7.24. The number of nitrogens with zero attached hydrogens (tertiary/aromatic N) is 1. The van der Waals surface area contributed by atoms with Crippen molar-refractivity contribution in [2.75, 3.05) is 12.4 Å². The fourth-order valence-corrected chi connectivity index (χ4v) is 1.26. The summed E-state index contributed by atoms with van der Waals surface area (Å²) in [6.45, 7) is 0. The van der Waals surface area contributed by atoms with Crippen LogP contribution in [0.4, 0.5) is 5.82 Å². The Balaban J connectivity index is 2.64. The topological polar surface area (TPSA) is 58.3 Å². The van der Waals surface area contributed by atoms with Gasteiger partial charge >= 0.3 is 7.48 Å². The summed E-state index contributed by atoms with van der Waals surface area (Å²) < 4.78 is 5.05. The largest absolute Gasteiger partial charge is 0.449 e. The van der Waals surface area contributed by atoms with Crippen LogP contribution in [-0.2, 0) is 0 Å². The molecule has 2 N–H and O–H groups in total. The molecule has 0 atom stereocenters. The van der Waals surface area contributed by atoms with Crippen LogP contribution < -0.4 is 10.8 Å². The molecule has 0 aliphatic carbocycles. The molecule has 2 aromatic rings. The molecule has 0 spiro atoms. The maximum absolute atomic E-state index is 8.93. The second-order valence-electron chi connectivity index (χ2n) is 2.77. The zero-order chi connectivity index (χ0) is 9.26. The third-order valence-electron chi connectivity index (χ3n) is 1.95. The molecule has 66 valence electrons. The van der Waals surface area contributed by atoms with E-state index in [2.05, 4.69) is 10.5 Å². The number of hydrogen-bond donors (Lipinski definition) is 2. The first-order chi connectivity index (χ1) is 6.35. The van der Waals surface area contributed by atoms with Crippen molar-refractivity contribution < 1.29 is 9.55 Å². The van der Waals surface area contributed by atoms with Gasteiger partial charge in [0.15, 0.2) is 11.4 Å². The number of aromatic nitrogens is 1. The SMILES string of the molecule is CNc1noc2ccc(BO)cc12. The Hall–Kier alpha value is -1.49. The van der Waals surface area contributed by atoms with Gasteiger partial charge < -0.3 is 14.9 Å². The van der Waals surface area contributed by atoms with E-state index < -0.39 is 0 Å². The third-order valence-corrected chi connectivity index (χ3v) is 1.95. The van der Waals surface area contributed by atoms with Crippen molar-refractivity contribution in [1.29, 1.82) is 0 Å². The van der Waals surface area contributed by atoms with Gasteiger partial charge in [-0.3, -0.25) is 0 Å². The highest BCUT2D eigenvalue weighted by Crippen LogP contribution is 2.20. The first-order valence-corrected chi connectivity index (χ1v) is 4.02. The number of hydrogen-bond acceptors (Lipinski definition) is 4. The van der Waals surface area contributed by atoms with E-state index in [0.717, 1.165) is 16.4 Å². The number of anilines is 1. The molecular weight excluding hydrogens is 167 g/mol. The molecule has 1 aromatic heterocycles. The lowest BCUT2D eigenvalue weighted by Gasteiger charge is -1.94. The normalized spacial score (nSPS) is 10.3. The van der Waals surface area contributed by atoms with E-state index in [-0.39, 0.29) is 7.48 Å². The van der Waals surface area contributed by atoms with Crippen molar-refractivity contribution in [2.45, 2.75) is 0 Å². The van der Waals surface area contributed by atoms with Crippen molar-refractivity contribution in [3.05, 3.63) is 18.2 Å². The van der Waals surface area contributed by atoms with Gasteiger partial charge in [-0.25, -0.2) is 0 Å². The van der Waals surface area contributed by atoms with Crippen LogP contribution in [0.15, 0.2) is 22.7 Å². The van der Waals surface area contributed by atoms with Gasteiger partial charge in [0.05, 0.1) is 5.39 Å². The second kappa shape index (κ2) is 3.10. The van der Waals surface area contributed by atoms with E-state index in [9.17, 15) is 0 Å². The smallest absolute Gasteiger partial charge is 0.304 e. The Morgan fingerprint density at radius 2 is 2.38 bits per heavy atom. The van der Waals surface area contributed by atoms with E-state index in [1.807, 2.05) is 12.1 Å². The lowest BCUT2D eigenvalue weighted by atomic mass is 9.88. The first kappa shape index (κ1) is 8.13. The summed E-state index contributed by atoms with van der Waals surface area (Å²) in [5.41, 5.74) is 1.58. The van der Waals surface area contributed by atoms with Gasteiger partial charge in [-0.15, -0.1) is 0 Å². The predicted molar refractivity (Wildman–Crippen MR) is 52.6 cm³/mol. The quantitative estimate of drug-likeness (QED) is 0.624. The molecule has 0 fully saturated rings. The summed E-state index contributed by atoms with van der Waals surface area (Å²) in [5, 5.41) is 16.6. The molecule has 13 heavy (non-hydrogen) atoms. The summed E-state index contributed by atoms with van der Waals surface area (Å²) in [5.74, 6) is 0.699. The second-order valence-corrected chi connectivity index (χ2v) is 2.77. The third kappa shape index (κ3) is 1.27. The number of nitrogens with one attached hydrogen (secondary N) is 1. The minimum atomic E-state index is 0.0320. The molecule has 1 heterocycles. The van der Waals surface area contributed by atoms with Crippen molar-refractivity contribution in [2.24, 2.45) is 0 Å². The summed E-state index contributed by atoms with van der Waals surface area (Å²) in [4.78, 5) is 0. The van der Waals surface area contributed by atoms with Gasteiger partial charge in [0.2, 0.25) is 0 Å². The molecule has 0 saturated carbocycles. The Morgan fingerprint density at radius 3 is 3.08 bits per heavy atom. The van der Waals surface area contributed by atoms with Gasteiger partial charge in [0.25, 0.3) is 0 Å². The Kier molecular flexibility index (Phi) is 1.94. The molecule has 0 amide bonds. The molecule has 0 radical (unpaired) electrons. The molecule has 5 heteroatoms. The molecular formula is C8H9BN2O2. The maximum Gasteiger partial charge on any atom is 0.304 e. The van der Waals surface area contributed by atoms with Gasteiger partial charge in [-0.2, -0.15) is 0 Å². The van der Waals surface area contributed by atoms with Crippen molar-refractivity contribution in [3.63, 3.8) is 0 Å². The highest BCUT2D eigenvalue weighted by Gasteiger charge is 2.06.